The number of aliphatic carboxylic acids is 1. The first-order valence-corrected chi connectivity index (χ1v) is 5.81. The summed E-state index contributed by atoms with van der Waals surface area (Å²) in [7, 11) is 0. The molecule has 1 saturated heterocycles. The number of rotatable bonds is 4. The Labute approximate surface area is 130 Å². The zero-order valence-corrected chi connectivity index (χ0v) is 11.3. The fourth-order valence-electron chi connectivity index (χ4n) is 1.84. The molecule has 1 aromatic rings. The number of hydrogen-bond acceptors (Lipinski definition) is 6. The summed E-state index contributed by atoms with van der Waals surface area (Å²) in [5, 5.41) is 12.4. The molecule has 1 aliphatic rings. The smallest absolute Gasteiger partial charge is 0.548 e. The number of carbonyl (C=O) groups excluding carboxylic acids is 1. The van der Waals surface area contributed by atoms with Gasteiger partial charge in [-0.3, -0.25) is 0 Å². The van der Waals surface area contributed by atoms with Gasteiger partial charge >= 0.3 is 18.9 Å². The van der Waals surface area contributed by atoms with Gasteiger partial charge in [0, 0.05) is 13.1 Å². The molecule has 0 bridgehead atoms. The fraction of sp³-hybridized carbons (Fsp3) is 0.455. The quantitative estimate of drug-likeness (QED) is 0.459. The van der Waals surface area contributed by atoms with Crippen LogP contribution in [0.2, 0.25) is 0 Å². The van der Waals surface area contributed by atoms with Gasteiger partial charge in [0.1, 0.15) is 5.69 Å². The van der Waals surface area contributed by atoms with Crippen molar-refractivity contribution in [2.45, 2.75) is 0 Å². The third-order valence-electron chi connectivity index (χ3n) is 2.74. The van der Waals surface area contributed by atoms with Crippen LogP contribution in [-0.2, 0) is 9.53 Å². The second kappa shape index (κ2) is 7.54. The van der Waals surface area contributed by atoms with Crippen LogP contribution in [0.1, 0.15) is 0 Å². The number of nitrogens with zero attached hydrogens (tertiary/aromatic N) is 2. The van der Waals surface area contributed by atoms with Crippen LogP contribution < -0.4 is 34.2 Å². The van der Waals surface area contributed by atoms with Crippen LogP contribution in [0.5, 0.6) is 0 Å². The van der Waals surface area contributed by atoms with E-state index in [4.69, 9.17) is 4.74 Å². The SMILES string of the molecule is O=C([O-])CNc1nc(F)c(F)c(N2CCOCC2)c1F.[Li+]. The Hall–Kier alpha value is -1.43. The molecule has 2 rings (SSSR count). The summed E-state index contributed by atoms with van der Waals surface area (Å²) in [6.07, 6.45) is 0. The average Bonchev–Trinajstić information content (AvgIpc) is 2.43. The molecule has 0 aliphatic carbocycles. The van der Waals surface area contributed by atoms with Gasteiger partial charge in [-0.1, -0.05) is 0 Å². The molecule has 110 valence electrons. The Kier molecular flexibility index (Phi) is 6.33. The second-order valence-electron chi connectivity index (χ2n) is 4.05. The first-order chi connectivity index (χ1) is 9.50. The van der Waals surface area contributed by atoms with E-state index in [9.17, 15) is 23.1 Å². The third-order valence-corrected chi connectivity index (χ3v) is 2.74. The van der Waals surface area contributed by atoms with Crippen molar-refractivity contribution in [3.63, 3.8) is 0 Å². The number of nitrogens with one attached hydrogen (secondary N) is 1. The maximum Gasteiger partial charge on any atom is 1.00 e. The van der Waals surface area contributed by atoms with Gasteiger partial charge in [0.25, 0.3) is 5.95 Å². The number of anilines is 2. The average molecular weight is 297 g/mol. The molecule has 0 spiro atoms. The van der Waals surface area contributed by atoms with Crippen LogP contribution in [0.4, 0.5) is 24.7 Å². The van der Waals surface area contributed by atoms with Crippen molar-refractivity contribution in [3.05, 3.63) is 17.6 Å². The number of carboxylic acid groups (broad SMARTS) is 1. The summed E-state index contributed by atoms with van der Waals surface area (Å²) in [5.41, 5.74) is -0.582. The van der Waals surface area contributed by atoms with E-state index in [0.717, 1.165) is 0 Å². The number of morpholine rings is 1. The number of hydrogen-bond donors (Lipinski definition) is 1. The molecule has 0 atom stereocenters. The number of halogens is 3. The zero-order valence-electron chi connectivity index (χ0n) is 11.3. The van der Waals surface area contributed by atoms with Gasteiger partial charge in [0.05, 0.1) is 25.7 Å². The largest absolute Gasteiger partial charge is 1.00 e. The summed E-state index contributed by atoms with van der Waals surface area (Å²) < 4.78 is 46.3. The van der Waals surface area contributed by atoms with Crippen LogP contribution >= 0.6 is 0 Å². The normalized spacial score (nSPS) is 14.5. The van der Waals surface area contributed by atoms with Gasteiger partial charge in [0.2, 0.25) is 5.82 Å². The van der Waals surface area contributed by atoms with Crippen LogP contribution in [-0.4, -0.2) is 43.8 Å². The molecule has 1 fully saturated rings. The molecular weight excluding hydrogens is 286 g/mol. The number of pyridine rings is 1. The second-order valence-corrected chi connectivity index (χ2v) is 4.05. The molecule has 0 amide bonds. The van der Waals surface area contributed by atoms with E-state index in [1.54, 1.807) is 0 Å². The van der Waals surface area contributed by atoms with Crippen molar-refractivity contribution in [3.8, 4) is 0 Å². The molecule has 0 saturated carbocycles. The van der Waals surface area contributed by atoms with E-state index < -0.39 is 41.6 Å². The molecule has 10 heteroatoms. The number of ether oxygens (including phenoxy) is 1. The first-order valence-electron chi connectivity index (χ1n) is 5.81. The van der Waals surface area contributed by atoms with E-state index in [0.29, 0.717) is 0 Å². The first kappa shape index (κ1) is 17.6. The van der Waals surface area contributed by atoms with Gasteiger partial charge in [-0.15, -0.1) is 0 Å². The monoisotopic (exact) mass is 297 g/mol. The van der Waals surface area contributed by atoms with Crippen molar-refractivity contribution >= 4 is 17.5 Å². The van der Waals surface area contributed by atoms with Gasteiger partial charge < -0.3 is 24.9 Å². The van der Waals surface area contributed by atoms with Gasteiger partial charge in [0.15, 0.2) is 11.6 Å². The van der Waals surface area contributed by atoms with Crippen LogP contribution in [0.25, 0.3) is 0 Å². The number of carbonyl (C=O) groups is 1. The standard InChI is InChI=1S/C11H12F3N3O3.Li/c12-7-9(17-1-3-20-4-2-17)8(13)11(16-10(7)14)15-5-6(18)19;/h1-5H2,(H,15,16)(H,18,19);/q;+1/p-1. The Morgan fingerprint density at radius 1 is 1.29 bits per heavy atom. The molecule has 0 unspecified atom stereocenters. The molecule has 6 nitrogen and oxygen atoms in total. The number of aromatic nitrogens is 1. The predicted molar refractivity (Wildman–Crippen MR) is 60.6 cm³/mol. The van der Waals surface area contributed by atoms with Crippen LogP contribution in [0.3, 0.4) is 0 Å². The van der Waals surface area contributed by atoms with E-state index >= 15 is 0 Å². The van der Waals surface area contributed by atoms with Crippen molar-refractivity contribution < 1.29 is 46.7 Å². The summed E-state index contributed by atoms with van der Waals surface area (Å²) in [4.78, 5) is 14.6. The molecular formula is C11H11F3LiN3O3. The molecule has 1 aromatic heterocycles. The third kappa shape index (κ3) is 4.03. The summed E-state index contributed by atoms with van der Waals surface area (Å²) >= 11 is 0. The summed E-state index contributed by atoms with van der Waals surface area (Å²) in [6.45, 7) is 0.126. The van der Waals surface area contributed by atoms with Crippen molar-refractivity contribution in [1.29, 1.82) is 0 Å². The van der Waals surface area contributed by atoms with Gasteiger partial charge in [-0.05, 0) is 0 Å². The van der Waals surface area contributed by atoms with E-state index in [-0.39, 0.29) is 45.2 Å². The van der Waals surface area contributed by atoms with Gasteiger partial charge in [-0.25, -0.2) is 4.39 Å². The van der Waals surface area contributed by atoms with Crippen molar-refractivity contribution in [1.82, 2.24) is 4.98 Å². The maximum absolute atomic E-state index is 14.1. The summed E-state index contributed by atoms with van der Waals surface area (Å²) in [5.74, 6) is -6.26. The minimum absolute atomic E-state index is 0. The zero-order chi connectivity index (χ0) is 14.7. The molecule has 1 aliphatic heterocycles. The van der Waals surface area contributed by atoms with Gasteiger partial charge in [-0.2, -0.15) is 13.8 Å². The minimum Gasteiger partial charge on any atom is -0.548 e. The summed E-state index contributed by atoms with van der Waals surface area (Å²) in [6, 6.07) is 0. The maximum atomic E-state index is 14.1. The fourth-order valence-corrected chi connectivity index (χ4v) is 1.84. The molecule has 2 heterocycles. The van der Waals surface area contributed by atoms with Crippen LogP contribution in [0, 0.1) is 17.6 Å². The van der Waals surface area contributed by atoms with E-state index in [1.165, 1.54) is 4.90 Å². The van der Waals surface area contributed by atoms with Crippen molar-refractivity contribution in [2.24, 2.45) is 0 Å². The Morgan fingerprint density at radius 3 is 2.48 bits per heavy atom. The molecule has 0 radical (unpaired) electrons. The topological polar surface area (TPSA) is 77.5 Å². The predicted octanol–water partition coefficient (Wildman–Crippen LogP) is -3.50. The Balaban J connectivity index is 0.00000220. The Bertz CT molecular complexity index is 527. The molecule has 21 heavy (non-hydrogen) atoms. The molecule has 0 aromatic carbocycles. The number of carboxylic acids is 1. The Morgan fingerprint density at radius 2 is 1.90 bits per heavy atom. The van der Waals surface area contributed by atoms with Crippen molar-refractivity contribution in [2.75, 3.05) is 43.1 Å². The van der Waals surface area contributed by atoms with E-state index in [1.807, 2.05) is 5.32 Å². The molecule has 1 N–H and O–H groups in total. The minimum atomic E-state index is -1.52. The van der Waals surface area contributed by atoms with E-state index in [2.05, 4.69) is 4.98 Å². The van der Waals surface area contributed by atoms with Crippen LogP contribution in [0.15, 0.2) is 0 Å².